The molecule has 0 spiro atoms. The molecule has 1 N–H and O–H groups in total. The number of nitrogens with zero attached hydrogens (tertiary/aromatic N) is 2. The maximum atomic E-state index is 14.6. The fourth-order valence-corrected chi connectivity index (χ4v) is 7.62. The van der Waals surface area contributed by atoms with E-state index in [0.29, 0.717) is 16.3 Å². The molecule has 0 aromatic heterocycles. The Kier molecular flexibility index (Phi) is 11.1. The predicted octanol–water partition coefficient (Wildman–Crippen LogP) is 6.93. The lowest BCUT2D eigenvalue weighted by Gasteiger charge is -2.35. The largest absolute Gasteiger partial charge is 0.352 e. The highest BCUT2D eigenvalue weighted by Gasteiger charge is 2.35. The first-order valence-electron chi connectivity index (χ1n) is 15.7. The first kappa shape index (κ1) is 33.2. The van der Waals surface area contributed by atoms with Gasteiger partial charge in [-0.1, -0.05) is 116 Å². The summed E-state index contributed by atoms with van der Waals surface area (Å²) in [5.74, 6) is -0.737. The number of carbonyl (C=O) groups excluding carboxylic acids is 2. The molecule has 0 saturated heterocycles. The summed E-state index contributed by atoms with van der Waals surface area (Å²) in [6.45, 7) is 1.39. The van der Waals surface area contributed by atoms with E-state index in [1.807, 2.05) is 60.7 Å². The minimum Gasteiger partial charge on any atom is -0.352 e. The second-order valence-electron chi connectivity index (χ2n) is 11.8. The van der Waals surface area contributed by atoms with Crippen LogP contribution in [-0.2, 0) is 32.6 Å². The van der Waals surface area contributed by atoms with Gasteiger partial charge >= 0.3 is 0 Å². The van der Waals surface area contributed by atoms with Crippen LogP contribution in [0.3, 0.4) is 0 Å². The van der Waals surface area contributed by atoms with E-state index in [9.17, 15) is 18.0 Å². The van der Waals surface area contributed by atoms with E-state index in [2.05, 4.69) is 5.32 Å². The molecule has 240 valence electrons. The monoisotopic (exact) mass is 657 g/mol. The van der Waals surface area contributed by atoms with E-state index in [1.165, 1.54) is 17.0 Å². The second kappa shape index (κ2) is 15.4. The second-order valence-corrected chi connectivity index (χ2v) is 14.1. The number of rotatable bonds is 12. The first-order chi connectivity index (χ1) is 22.2. The number of hydrogen-bond donors (Lipinski definition) is 1. The summed E-state index contributed by atoms with van der Waals surface area (Å²) in [5.41, 5.74) is 2.67. The molecule has 4 aromatic rings. The quantitative estimate of drug-likeness (QED) is 0.179. The van der Waals surface area contributed by atoms with Gasteiger partial charge in [0.25, 0.3) is 10.0 Å². The lowest BCUT2D eigenvalue weighted by molar-refractivity contribution is -0.140. The van der Waals surface area contributed by atoms with Gasteiger partial charge in [0.2, 0.25) is 11.8 Å². The topological polar surface area (TPSA) is 86.8 Å². The smallest absolute Gasteiger partial charge is 0.264 e. The van der Waals surface area contributed by atoms with E-state index in [0.717, 1.165) is 47.5 Å². The summed E-state index contributed by atoms with van der Waals surface area (Å²) in [6, 6.07) is 31.2. The first-order valence-corrected chi connectivity index (χ1v) is 17.6. The van der Waals surface area contributed by atoms with Crippen LogP contribution >= 0.6 is 11.6 Å². The molecule has 1 aliphatic rings. The molecule has 1 fully saturated rings. The predicted molar refractivity (Wildman–Crippen MR) is 183 cm³/mol. The molecule has 5 rings (SSSR count). The average Bonchev–Trinajstić information content (AvgIpc) is 3.08. The minimum atomic E-state index is -4.20. The van der Waals surface area contributed by atoms with E-state index < -0.39 is 28.5 Å². The molecule has 0 bridgehead atoms. The Morgan fingerprint density at radius 1 is 0.826 bits per heavy atom. The molecule has 7 nitrogen and oxygen atoms in total. The number of anilines is 1. The van der Waals surface area contributed by atoms with Gasteiger partial charge in [-0.15, -0.1) is 0 Å². The molecule has 2 amide bonds. The zero-order valence-corrected chi connectivity index (χ0v) is 27.6. The van der Waals surface area contributed by atoms with Gasteiger partial charge < -0.3 is 10.2 Å². The minimum absolute atomic E-state index is 0.0391. The van der Waals surface area contributed by atoms with Crippen LogP contribution in [0.4, 0.5) is 5.69 Å². The third-order valence-electron chi connectivity index (χ3n) is 8.47. The number of amides is 2. The summed E-state index contributed by atoms with van der Waals surface area (Å²) in [7, 11) is -4.20. The summed E-state index contributed by atoms with van der Waals surface area (Å²) >= 11 is 6.37. The molecule has 1 unspecified atom stereocenters. The van der Waals surface area contributed by atoms with E-state index in [1.54, 1.807) is 43.3 Å². The standard InChI is InChI=1S/C37H40ClN3O4S/c1-28-22-23-31(38)25-34(28)41(46(44,45)33-20-12-5-13-21-33)27-36(42)40(26-30-16-8-3-9-17-30)35(24-29-14-6-2-7-15-29)37(43)39-32-18-10-4-11-19-32/h2-3,5-9,12-17,20-23,25,32,35H,4,10-11,18-19,24,26-27H2,1H3,(H,39,43). The highest BCUT2D eigenvalue weighted by molar-refractivity contribution is 7.92. The van der Waals surface area contributed by atoms with Gasteiger partial charge in [-0.25, -0.2) is 8.42 Å². The highest BCUT2D eigenvalue weighted by atomic mass is 35.5. The van der Waals surface area contributed by atoms with Crippen LogP contribution < -0.4 is 9.62 Å². The number of halogens is 1. The maximum Gasteiger partial charge on any atom is 0.264 e. The molecular weight excluding hydrogens is 618 g/mol. The van der Waals surface area contributed by atoms with Crippen molar-refractivity contribution < 1.29 is 18.0 Å². The van der Waals surface area contributed by atoms with Crippen LogP contribution in [0.25, 0.3) is 0 Å². The molecule has 0 heterocycles. The van der Waals surface area contributed by atoms with Crippen molar-refractivity contribution >= 4 is 39.1 Å². The van der Waals surface area contributed by atoms with Gasteiger partial charge in [0.1, 0.15) is 12.6 Å². The molecule has 4 aromatic carbocycles. The molecule has 0 radical (unpaired) electrons. The van der Waals surface area contributed by atoms with Crippen molar-refractivity contribution in [2.45, 2.75) is 69.0 Å². The summed E-state index contributed by atoms with van der Waals surface area (Å²) < 4.78 is 29.5. The van der Waals surface area contributed by atoms with Crippen LogP contribution in [-0.4, -0.2) is 43.8 Å². The van der Waals surface area contributed by atoms with Crippen molar-refractivity contribution in [1.29, 1.82) is 0 Å². The van der Waals surface area contributed by atoms with Crippen molar-refractivity contribution in [1.82, 2.24) is 10.2 Å². The Morgan fingerprint density at radius 2 is 1.41 bits per heavy atom. The van der Waals surface area contributed by atoms with Crippen LogP contribution in [0, 0.1) is 6.92 Å². The lowest BCUT2D eigenvalue weighted by Crippen LogP contribution is -2.55. The van der Waals surface area contributed by atoms with E-state index in [-0.39, 0.29) is 29.8 Å². The Balaban J connectivity index is 1.57. The van der Waals surface area contributed by atoms with Gasteiger partial charge in [0.15, 0.2) is 0 Å². The van der Waals surface area contributed by atoms with Gasteiger partial charge in [-0.3, -0.25) is 13.9 Å². The number of nitrogens with one attached hydrogen (secondary N) is 1. The Bertz CT molecular complexity index is 1710. The molecule has 1 atom stereocenters. The normalized spacial score (nSPS) is 14.3. The zero-order valence-electron chi connectivity index (χ0n) is 26.0. The number of hydrogen-bond acceptors (Lipinski definition) is 4. The van der Waals surface area contributed by atoms with Crippen LogP contribution in [0.1, 0.15) is 48.8 Å². The third kappa shape index (κ3) is 8.36. The van der Waals surface area contributed by atoms with Crippen molar-refractivity contribution in [3.8, 4) is 0 Å². The lowest BCUT2D eigenvalue weighted by atomic mass is 9.94. The van der Waals surface area contributed by atoms with Crippen molar-refractivity contribution in [2.24, 2.45) is 0 Å². The number of aryl methyl sites for hydroxylation is 1. The molecule has 1 saturated carbocycles. The summed E-state index contributed by atoms with van der Waals surface area (Å²) in [5, 5.41) is 3.58. The number of benzene rings is 4. The van der Waals surface area contributed by atoms with Gasteiger partial charge in [-0.05, 0) is 60.7 Å². The van der Waals surface area contributed by atoms with Gasteiger partial charge in [0, 0.05) is 24.0 Å². The van der Waals surface area contributed by atoms with Crippen LogP contribution in [0.2, 0.25) is 5.02 Å². The van der Waals surface area contributed by atoms with Gasteiger partial charge in [-0.2, -0.15) is 0 Å². The zero-order chi connectivity index (χ0) is 32.5. The molecule has 0 aliphatic heterocycles. The van der Waals surface area contributed by atoms with Crippen molar-refractivity contribution in [3.05, 3.63) is 131 Å². The Hall–Kier alpha value is -4.14. The van der Waals surface area contributed by atoms with Gasteiger partial charge in [0.05, 0.1) is 10.6 Å². The summed E-state index contributed by atoms with van der Waals surface area (Å²) in [4.78, 5) is 30.4. The molecule has 1 aliphatic carbocycles. The highest BCUT2D eigenvalue weighted by Crippen LogP contribution is 2.30. The van der Waals surface area contributed by atoms with Crippen molar-refractivity contribution in [3.63, 3.8) is 0 Å². The third-order valence-corrected chi connectivity index (χ3v) is 10.5. The van der Waals surface area contributed by atoms with Crippen LogP contribution in [0.5, 0.6) is 0 Å². The molecular formula is C37H40ClN3O4S. The SMILES string of the molecule is Cc1ccc(Cl)cc1N(CC(=O)N(Cc1ccccc1)C(Cc1ccccc1)C(=O)NC1CCCCC1)S(=O)(=O)c1ccccc1. The number of carbonyl (C=O) groups is 2. The molecule has 9 heteroatoms. The average molecular weight is 658 g/mol. The van der Waals surface area contributed by atoms with E-state index in [4.69, 9.17) is 11.6 Å². The Morgan fingerprint density at radius 3 is 2.04 bits per heavy atom. The van der Waals surface area contributed by atoms with Crippen molar-refractivity contribution in [2.75, 3.05) is 10.8 Å². The summed E-state index contributed by atoms with van der Waals surface area (Å²) in [6.07, 6.45) is 5.31. The van der Waals surface area contributed by atoms with E-state index >= 15 is 0 Å². The maximum absolute atomic E-state index is 14.6. The fourth-order valence-electron chi connectivity index (χ4n) is 5.96. The Labute approximate surface area is 277 Å². The number of sulfonamides is 1. The molecule has 46 heavy (non-hydrogen) atoms. The van der Waals surface area contributed by atoms with Crippen LogP contribution in [0.15, 0.2) is 114 Å². The fraction of sp³-hybridized carbons (Fsp3) is 0.297.